The molecule has 0 heterocycles. The molecular weight excluding hydrogens is 176 g/mol. The van der Waals surface area contributed by atoms with Gasteiger partial charge in [-0.2, -0.15) is 0 Å². The predicted octanol–water partition coefficient (Wildman–Crippen LogP) is 2.46. The lowest BCUT2D eigenvalue weighted by Crippen LogP contribution is -1.88. The molecular formula is C8H9ClN2O. The first-order valence-corrected chi connectivity index (χ1v) is 3.92. The van der Waals surface area contributed by atoms with Crippen LogP contribution in [0, 0.1) is 0 Å². The quantitative estimate of drug-likeness (QED) is 0.721. The minimum atomic E-state index is 0.163. The number of hydrogen-bond donors (Lipinski definition) is 1. The Labute approximate surface area is 75.8 Å². The van der Waals surface area contributed by atoms with E-state index in [0.717, 1.165) is 5.56 Å². The van der Waals surface area contributed by atoms with Crippen LogP contribution >= 0.6 is 11.8 Å². The summed E-state index contributed by atoms with van der Waals surface area (Å²) >= 11 is 5.06. The molecule has 64 valence electrons. The van der Waals surface area contributed by atoms with Gasteiger partial charge in [0, 0.05) is 6.61 Å². The van der Waals surface area contributed by atoms with Crippen LogP contribution in [0.3, 0.4) is 0 Å². The third-order valence-corrected chi connectivity index (χ3v) is 1.57. The van der Waals surface area contributed by atoms with Gasteiger partial charge in [0.05, 0.1) is 17.5 Å². The summed E-state index contributed by atoms with van der Waals surface area (Å²) < 4.78 is 3.13. The van der Waals surface area contributed by atoms with Gasteiger partial charge in [0.25, 0.3) is 0 Å². The zero-order chi connectivity index (χ0) is 8.81. The lowest BCUT2D eigenvalue weighted by molar-refractivity contribution is 0.299. The van der Waals surface area contributed by atoms with E-state index in [0.29, 0.717) is 12.1 Å². The molecule has 1 N–H and O–H groups in total. The van der Waals surface area contributed by atoms with Crippen LogP contribution in [0.25, 0.3) is 0 Å². The Balaban J connectivity index is 2.71. The van der Waals surface area contributed by atoms with Gasteiger partial charge in [-0.3, -0.25) is 0 Å². The van der Waals surface area contributed by atoms with Crippen molar-refractivity contribution in [2.75, 3.05) is 6.61 Å². The second-order valence-corrected chi connectivity index (χ2v) is 2.47. The van der Waals surface area contributed by atoms with E-state index in [-0.39, 0.29) is 6.61 Å². The van der Waals surface area contributed by atoms with Crippen molar-refractivity contribution in [1.29, 1.82) is 0 Å². The number of aliphatic hydroxyl groups excluding tert-OH is 1. The van der Waals surface area contributed by atoms with Crippen molar-refractivity contribution >= 4 is 17.5 Å². The van der Waals surface area contributed by atoms with Crippen LogP contribution < -0.4 is 0 Å². The summed E-state index contributed by atoms with van der Waals surface area (Å²) in [5.41, 5.74) is 1.79. The molecule has 3 nitrogen and oxygen atoms in total. The molecule has 0 saturated carbocycles. The van der Waals surface area contributed by atoms with E-state index in [4.69, 9.17) is 16.9 Å². The summed E-state index contributed by atoms with van der Waals surface area (Å²) in [5.74, 6) is 0. The van der Waals surface area contributed by atoms with Gasteiger partial charge in [-0.25, -0.2) is 0 Å². The first-order valence-electron chi connectivity index (χ1n) is 3.58. The highest BCUT2D eigenvalue weighted by atomic mass is 35.5. The first-order chi connectivity index (χ1) is 5.86. The van der Waals surface area contributed by atoms with Crippen molar-refractivity contribution in [3.05, 3.63) is 29.8 Å². The van der Waals surface area contributed by atoms with Crippen molar-refractivity contribution in [2.45, 2.75) is 6.42 Å². The molecule has 0 aliphatic rings. The third-order valence-electron chi connectivity index (χ3n) is 1.49. The van der Waals surface area contributed by atoms with Gasteiger partial charge in [-0.05, 0) is 24.1 Å². The summed E-state index contributed by atoms with van der Waals surface area (Å²) in [5, 5.41) is 12.3. The third kappa shape index (κ3) is 2.60. The van der Waals surface area contributed by atoms with Gasteiger partial charge < -0.3 is 5.11 Å². The number of aliphatic hydroxyl groups is 1. The van der Waals surface area contributed by atoms with Gasteiger partial charge in [0.2, 0.25) is 0 Å². The summed E-state index contributed by atoms with van der Waals surface area (Å²) in [7, 11) is 0. The molecule has 0 saturated heterocycles. The number of hydrogen-bond acceptors (Lipinski definition) is 3. The standard InChI is InChI=1S/C8H9ClN2O/c9-11-10-8-3-1-7(2-4-8)5-6-12/h1-4,12H,5-6H2/b11-10+. The molecule has 1 rings (SSSR count). The summed E-state index contributed by atoms with van der Waals surface area (Å²) in [6, 6.07) is 7.38. The smallest absolute Gasteiger partial charge is 0.0868 e. The minimum Gasteiger partial charge on any atom is -0.396 e. The molecule has 0 spiro atoms. The Bertz CT molecular complexity index is 258. The molecule has 0 fully saturated rings. The summed E-state index contributed by atoms with van der Waals surface area (Å²) in [6.07, 6.45) is 0.665. The van der Waals surface area contributed by atoms with E-state index in [1.807, 2.05) is 12.1 Å². The van der Waals surface area contributed by atoms with Crippen LogP contribution in [-0.4, -0.2) is 11.7 Å². The van der Waals surface area contributed by atoms with Gasteiger partial charge in [-0.15, -0.1) is 5.11 Å². The van der Waals surface area contributed by atoms with Crippen molar-refractivity contribution in [2.24, 2.45) is 9.75 Å². The van der Waals surface area contributed by atoms with E-state index in [2.05, 4.69) is 9.75 Å². The van der Waals surface area contributed by atoms with Crippen molar-refractivity contribution in [3.8, 4) is 0 Å². The van der Waals surface area contributed by atoms with Gasteiger partial charge >= 0.3 is 0 Å². The van der Waals surface area contributed by atoms with Crippen LogP contribution in [0.4, 0.5) is 5.69 Å². The molecule has 0 radical (unpaired) electrons. The molecule has 0 aliphatic heterocycles. The lowest BCUT2D eigenvalue weighted by Gasteiger charge is -1.96. The highest BCUT2D eigenvalue weighted by molar-refractivity contribution is 6.14. The average Bonchev–Trinajstić information content (AvgIpc) is 2.09. The molecule has 12 heavy (non-hydrogen) atoms. The number of rotatable bonds is 3. The first kappa shape index (κ1) is 9.16. The van der Waals surface area contributed by atoms with E-state index in [1.54, 1.807) is 12.1 Å². The second-order valence-electron chi connectivity index (χ2n) is 2.32. The Morgan fingerprint density at radius 2 is 1.92 bits per heavy atom. The van der Waals surface area contributed by atoms with E-state index in [1.165, 1.54) is 0 Å². The van der Waals surface area contributed by atoms with Crippen LogP contribution in [0.15, 0.2) is 34.0 Å². The molecule has 1 aromatic rings. The predicted molar refractivity (Wildman–Crippen MR) is 47.6 cm³/mol. The Morgan fingerprint density at radius 3 is 2.42 bits per heavy atom. The zero-order valence-corrected chi connectivity index (χ0v) is 7.20. The number of halogens is 1. The average molecular weight is 185 g/mol. The fourth-order valence-corrected chi connectivity index (χ4v) is 0.989. The van der Waals surface area contributed by atoms with Crippen molar-refractivity contribution in [1.82, 2.24) is 0 Å². The fraction of sp³-hybridized carbons (Fsp3) is 0.250. The monoisotopic (exact) mass is 184 g/mol. The second kappa shape index (κ2) is 4.85. The van der Waals surface area contributed by atoms with Crippen LogP contribution in [0.5, 0.6) is 0 Å². The maximum absolute atomic E-state index is 8.63. The van der Waals surface area contributed by atoms with Gasteiger partial charge in [0.15, 0.2) is 0 Å². The van der Waals surface area contributed by atoms with Gasteiger partial charge in [-0.1, -0.05) is 16.8 Å². The SMILES string of the molecule is OCCc1ccc(/N=N/Cl)cc1. The Morgan fingerprint density at radius 1 is 1.25 bits per heavy atom. The number of benzene rings is 1. The minimum absolute atomic E-state index is 0.163. The van der Waals surface area contributed by atoms with Crippen molar-refractivity contribution < 1.29 is 5.11 Å². The molecule has 4 heteroatoms. The molecule has 0 aliphatic carbocycles. The molecule has 0 unspecified atom stereocenters. The summed E-state index contributed by atoms with van der Waals surface area (Å²) in [6.45, 7) is 0.163. The van der Waals surface area contributed by atoms with E-state index in [9.17, 15) is 0 Å². The number of nitrogens with zero attached hydrogens (tertiary/aromatic N) is 2. The molecule has 0 atom stereocenters. The topological polar surface area (TPSA) is 45.0 Å². The summed E-state index contributed by atoms with van der Waals surface area (Å²) in [4.78, 5) is 0. The van der Waals surface area contributed by atoms with Gasteiger partial charge in [0.1, 0.15) is 0 Å². The molecule has 0 amide bonds. The highest BCUT2D eigenvalue weighted by Crippen LogP contribution is 2.13. The van der Waals surface area contributed by atoms with Crippen LogP contribution in [0.2, 0.25) is 0 Å². The molecule has 1 aromatic carbocycles. The fourth-order valence-electron chi connectivity index (χ4n) is 0.902. The zero-order valence-electron chi connectivity index (χ0n) is 6.44. The van der Waals surface area contributed by atoms with Crippen molar-refractivity contribution in [3.63, 3.8) is 0 Å². The van der Waals surface area contributed by atoms with Crippen LogP contribution in [-0.2, 0) is 6.42 Å². The van der Waals surface area contributed by atoms with E-state index < -0.39 is 0 Å². The van der Waals surface area contributed by atoms with E-state index >= 15 is 0 Å². The normalized spacial score (nSPS) is 10.8. The maximum atomic E-state index is 8.63. The maximum Gasteiger partial charge on any atom is 0.0868 e. The highest BCUT2D eigenvalue weighted by Gasteiger charge is 1.91. The lowest BCUT2D eigenvalue weighted by atomic mass is 10.1. The van der Waals surface area contributed by atoms with Crippen LogP contribution in [0.1, 0.15) is 5.56 Å². The molecule has 0 bridgehead atoms. The largest absolute Gasteiger partial charge is 0.396 e. The Hall–Kier alpha value is -0.930. The Kier molecular flexibility index (Phi) is 3.70. The molecule has 0 aromatic heterocycles.